The Labute approximate surface area is 160 Å². The molecule has 5 nitrogen and oxygen atoms in total. The summed E-state index contributed by atoms with van der Waals surface area (Å²) in [6, 6.07) is 13.0. The molecule has 2 amide bonds. The molecule has 3 rings (SSSR count). The fraction of sp³-hybridized carbons (Fsp3) is 0.263. The van der Waals surface area contributed by atoms with Gasteiger partial charge in [0.05, 0.1) is 0 Å². The highest BCUT2D eigenvalue weighted by molar-refractivity contribution is 14.1. The molecule has 25 heavy (non-hydrogen) atoms. The van der Waals surface area contributed by atoms with Crippen LogP contribution in [-0.2, 0) is 9.59 Å². The lowest BCUT2D eigenvalue weighted by molar-refractivity contribution is -0.118. The molecule has 0 saturated heterocycles. The number of hydrogen-bond donors (Lipinski definition) is 2. The number of amides is 2. The van der Waals surface area contributed by atoms with Crippen LogP contribution in [0.1, 0.15) is 18.4 Å². The normalized spacial score (nSPS) is 13.2. The average molecular weight is 450 g/mol. The van der Waals surface area contributed by atoms with Crippen molar-refractivity contribution in [1.82, 2.24) is 0 Å². The minimum absolute atomic E-state index is 0.0446. The van der Waals surface area contributed by atoms with Crippen LogP contribution in [0, 0.1) is 16.4 Å². The lowest BCUT2D eigenvalue weighted by atomic mass is 10.1. The van der Waals surface area contributed by atoms with Crippen LogP contribution < -0.4 is 15.4 Å². The molecule has 2 aromatic rings. The van der Waals surface area contributed by atoms with Gasteiger partial charge < -0.3 is 15.4 Å². The Bertz CT molecular complexity index is 786. The molecule has 0 heterocycles. The zero-order chi connectivity index (χ0) is 17.8. The third kappa shape index (κ3) is 5.19. The molecule has 0 radical (unpaired) electrons. The highest BCUT2D eigenvalue weighted by Crippen LogP contribution is 2.30. The predicted molar refractivity (Wildman–Crippen MR) is 106 cm³/mol. The maximum Gasteiger partial charge on any atom is 0.262 e. The summed E-state index contributed by atoms with van der Waals surface area (Å²) in [6.07, 6.45) is 1.91. The monoisotopic (exact) mass is 450 g/mol. The van der Waals surface area contributed by atoms with Gasteiger partial charge in [-0.25, -0.2) is 0 Å². The second-order valence-electron chi connectivity index (χ2n) is 6.08. The number of nitrogens with one attached hydrogen (secondary N) is 2. The molecule has 1 aliphatic rings. The summed E-state index contributed by atoms with van der Waals surface area (Å²) < 4.78 is 6.59. The van der Waals surface area contributed by atoms with Crippen molar-refractivity contribution in [2.45, 2.75) is 19.8 Å². The van der Waals surface area contributed by atoms with Gasteiger partial charge in [-0.05, 0) is 84.3 Å². The molecule has 1 aliphatic carbocycles. The fourth-order valence-electron chi connectivity index (χ4n) is 2.29. The van der Waals surface area contributed by atoms with Gasteiger partial charge in [0.2, 0.25) is 5.91 Å². The number of halogens is 1. The molecule has 1 fully saturated rings. The first-order chi connectivity index (χ1) is 12.0. The lowest BCUT2D eigenvalue weighted by Gasteiger charge is -2.12. The van der Waals surface area contributed by atoms with Gasteiger partial charge in [0, 0.05) is 20.9 Å². The van der Waals surface area contributed by atoms with Crippen LogP contribution in [0.4, 0.5) is 11.4 Å². The minimum atomic E-state index is -0.243. The summed E-state index contributed by atoms with van der Waals surface area (Å²) in [4.78, 5) is 24.0. The highest BCUT2D eigenvalue weighted by Gasteiger charge is 2.29. The van der Waals surface area contributed by atoms with Crippen LogP contribution in [0.25, 0.3) is 0 Å². The van der Waals surface area contributed by atoms with E-state index in [0.29, 0.717) is 17.1 Å². The van der Waals surface area contributed by atoms with Gasteiger partial charge in [0.1, 0.15) is 5.75 Å². The van der Waals surface area contributed by atoms with E-state index in [1.165, 1.54) is 0 Å². The van der Waals surface area contributed by atoms with Gasteiger partial charge in [0.15, 0.2) is 6.61 Å². The molecular formula is C19H19IN2O3. The van der Waals surface area contributed by atoms with E-state index in [0.717, 1.165) is 22.0 Å². The first-order valence-electron chi connectivity index (χ1n) is 8.11. The second kappa shape index (κ2) is 7.86. The van der Waals surface area contributed by atoms with E-state index in [1.54, 1.807) is 6.07 Å². The van der Waals surface area contributed by atoms with Gasteiger partial charge in [0.25, 0.3) is 5.91 Å². The van der Waals surface area contributed by atoms with E-state index in [-0.39, 0.29) is 24.3 Å². The molecule has 2 aromatic carbocycles. The number of carbonyl (C=O) groups excluding carboxylic acids is 2. The molecule has 0 aliphatic heterocycles. The zero-order valence-corrected chi connectivity index (χ0v) is 16.0. The molecule has 0 bridgehead atoms. The molecule has 1 saturated carbocycles. The van der Waals surface area contributed by atoms with Crippen LogP contribution >= 0.6 is 22.6 Å². The molecule has 2 N–H and O–H groups in total. The van der Waals surface area contributed by atoms with E-state index in [2.05, 4.69) is 33.2 Å². The Kier molecular flexibility index (Phi) is 5.57. The molecule has 0 spiro atoms. The van der Waals surface area contributed by atoms with Gasteiger partial charge >= 0.3 is 0 Å². The standard InChI is InChI=1S/C19H19IN2O3/c1-12-2-7-15(21-19(24)13-3-4-13)10-17(12)22-18(23)11-25-16-8-5-14(20)6-9-16/h2,5-10,13H,3-4,11H2,1H3,(H,21,24)(H,22,23). The van der Waals surface area contributed by atoms with Crippen molar-refractivity contribution in [2.75, 3.05) is 17.2 Å². The smallest absolute Gasteiger partial charge is 0.262 e. The second-order valence-corrected chi connectivity index (χ2v) is 7.33. The molecule has 0 atom stereocenters. The van der Waals surface area contributed by atoms with Gasteiger partial charge in [-0.1, -0.05) is 6.07 Å². The number of ether oxygens (including phenoxy) is 1. The van der Waals surface area contributed by atoms with Crippen LogP contribution in [0.5, 0.6) is 5.75 Å². The molecule has 0 unspecified atom stereocenters. The maximum absolute atomic E-state index is 12.1. The van der Waals surface area contributed by atoms with Crippen molar-refractivity contribution in [1.29, 1.82) is 0 Å². The fourth-order valence-corrected chi connectivity index (χ4v) is 2.65. The molecule has 6 heteroatoms. The number of aryl methyl sites for hydroxylation is 1. The summed E-state index contributed by atoms with van der Waals surface area (Å²) in [5.41, 5.74) is 2.29. The molecule has 130 valence electrons. The van der Waals surface area contributed by atoms with Crippen molar-refractivity contribution in [2.24, 2.45) is 5.92 Å². The zero-order valence-electron chi connectivity index (χ0n) is 13.8. The van der Waals surface area contributed by atoms with Crippen molar-refractivity contribution in [3.63, 3.8) is 0 Å². The lowest BCUT2D eigenvalue weighted by Crippen LogP contribution is -2.21. The summed E-state index contributed by atoms with van der Waals surface area (Å²) in [5.74, 6) is 0.593. The van der Waals surface area contributed by atoms with E-state index in [4.69, 9.17) is 4.74 Å². The van der Waals surface area contributed by atoms with Crippen LogP contribution in [-0.4, -0.2) is 18.4 Å². The maximum atomic E-state index is 12.1. The quantitative estimate of drug-likeness (QED) is 0.655. The summed E-state index contributed by atoms with van der Waals surface area (Å²) in [6.45, 7) is 1.83. The van der Waals surface area contributed by atoms with E-state index >= 15 is 0 Å². The molecule has 0 aromatic heterocycles. The first kappa shape index (κ1) is 17.7. The Balaban J connectivity index is 1.57. The number of anilines is 2. The van der Waals surface area contributed by atoms with Crippen molar-refractivity contribution < 1.29 is 14.3 Å². The predicted octanol–water partition coefficient (Wildman–Crippen LogP) is 3.97. The Morgan fingerprint density at radius 3 is 2.52 bits per heavy atom. The largest absolute Gasteiger partial charge is 0.484 e. The van der Waals surface area contributed by atoms with Gasteiger partial charge in [-0.3, -0.25) is 9.59 Å². The number of rotatable bonds is 6. The third-order valence-corrected chi connectivity index (χ3v) is 4.63. The third-order valence-electron chi connectivity index (χ3n) is 3.91. The summed E-state index contributed by atoms with van der Waals surface area (Å²) >= 11 is 2.21. The van der Waals surface area contributed by atoms with Crippen molar-refractivity contribution in [3.05, 3.63) is 51.6 Å². The van der Waals surface area contributed by atoms with Crippen molar-refractivity contribution >= 4 is 45.8 Å². The number of carbonyl (C=O) groups is 2. The van der Waals surface area contributed by atoms with E-state index in [1.807, 2.05) is 43.3 Å². The van der Waals surface area contributed by atoms with Crippen LogP contribution in [0.15, 0.2) is 42.5 Å². The van der Waals surface area contributed by atoms with E-state index < -0.39 is 0 Å². The Morgan fingerprint density at radius 2 is 1.84 bits per heavy atom. The first-order valence-corrected chi connectivity index (χ1v) is 9.19. The topological polar surface area (TPSA) is 67.4 Å². The molecular weight excluding hydrogens is 431 g/mol. The summed E-state index contributed by atoms with van der Waals surface area (Å²) in [7, 11) is 0. The number of benzene rings is 2. The van der Waals surface area contributed by atoms with E-state index in [9.17, 15) is 9.59 Å². The minimum Gasteiger partial charge on any atom is -0.484 e. The van der Waals surface area contributed by atoms with Gasteiger partial charge in [-0.2, -0.15) is 0 Å². The average Bonchev–Trinajstić information content (AvgIpc) is 3.42. The van der Waals surface area contributed by atoms with Gasteiger partial charge in [-0.15, -0.1) is 0 Å². The highest BCUT2D eigenvalue weighted by atomic mass is 127. The SMILES string of the molecule is Cc1ccc(NC(=O)C2CC2)cc1NC(=O)COc1ccc(I)cc1. The van der Waals surface area contributed by atoms with Crippen molar-refractivity contribution in [3.8, 4) is 5.75 Å². The Hall–Kier alpha value is -2.09. The van der Waals surface area contributed by atoms with Crippen LogP contribution in [0.3, 0.4) is 0 Å². The van der Waals surface area contributed by atoms with Crippen LogP contribution in [0.2, 0.25) is 0 Å². The summed E-state index contributed by atoms with van der Waals surface area (Å²) in [5, 5.41) is 5.72. The number of hydrogen-bond acceptors (Lipinski definition) is 3. The Morgan fingerprint density at radius 1 is 1.12 bits per heavy atom.